The molecule has 1 saturated heterocycles. The number of anilines is 1. The molecule has 3 heterocycles. The molecule has 2 aromatic rings. The quantitative estimate of drug-likeness (QED) is 0.474. The minimum absolute atomic E-state index is 0.456. The Morgan fingerprint density at radius 2 is 2.18 bits per heavy atom. The highest BCUT2D eigenvalue weighted by Crippen LogP contribution is 2.25. The lowest BCUT2D eigenvalue weighted by Crippen LogP contribution is -2.39. The summed E-state index contributed by atoms with van der Waals surface area (Å²) in [7, 11) is 0. The van der Waals surface area contributed by atoms with Crippen LogP contribution in [0.1, 0.15) is 11.4 Å². The van der Waals surface area contributed by atoms with E-state index >= 15 is 0 Å². The minimum Gasteiger partial charge on any atom is -0.455 e. The highest BCUT2D eigenvalue weighted by atomic mass is 16.5. The normalized spacial score (nSPS) is 15.2. The molecule has 8 nitrogen and oxygen atoms in total. The Morgan fingerprint density at radius 1 is 1.36 bits per heavy atom. The van der Waals surface area contributed by atoms with Gasteiger partial charge >= 0.3 is 0 Å². The van der Waals surface area contributed by atoms with E-state index in [0.29, 0.717) is 34.3 Å². The molecule has 8 heteroatoms. The average molecular weight is 382 g/mol. The van der Waals surface area contributed by atoms with Gasteiger partial charge in [-0.2, -0.15) is 0 Å². The zero-order valence-corrected chi connectivity index (χ0v) is 16.0. The maximum absolute atomic E-state index is 7.71. The van der Waals surface area contributed by atoms with Gasteiger partial charge in [-0.25, -0.2) is 4.98 Å². The number of allylic oxidation sites excluding steroid dienone is 1. The fraction of sp³-hybridized carbons (Fsp3) is 0.350. The molecule has 0 radical (unpaired) electrons. The van der Waals surface area contributed by atoms with E-state index in [1.54, 1.807) is 30.5 Å². The fourth-order valence-corrected chi connectivity index (χ4v) is 2.85. The molecule has 0 saturated carbocycles. The van der Waals surface area contributed by atoms with Gasteiger partial charge in [0.1, 0.15) is 17.3 Å². The van der Waals surface area contributed by atoms with Crippen LogP contribution in [-0.2, 0) is 4.74 Å². The van der Waals surface area contributed by atoms with Gasteiger partial charge in [0.2, 0.25) is 0 Å². The number of hydrogen-bond acceptors (Lipinski definition) is 8. The van der Waals surface area contributed by atoms with Gasteiger partial charge in [-0.1, -0.05) is 0 Å². The van der Waals surface area contributed by atoms with Crippen molar-refractivity contribution in [2.24, 2.45) is 0 Å². The molecule has 1 aliphatic rings. The SMILES string of the molecule is Cc1nc(N)ccc1Oc1ccnc(/C(C=N)=C/NCCN2CCOCC2)c1. The van der Waals surface area contributed by atoms with Gasteiger partial charge in [-0.05, 0) is 25.1 Å². The first-order valence-corrected chi connectivity index (χ1v) is 9.27. The van der Waals surface area contributed by atoms with E-state index in [4.69, 9.17) is 20.6 Å². The Bertz CT molecular complexity index is 833. The van der Waals surface area contributed by atoms with Crippen molar-refractivity contribution in [1.82, 2.24) is 20.2 Å². The Morgan fingerprint density at radius 3 is 2.93 bits per heavy atom. The molecular formula is C20H26N6O2. The first-order chi connectivity index (χ1) is 13.7. The van der Waals surface area contributed by atoms with Gasteiger partial charge in [-0.15, -0.1) is 0 Å². The number of nitrogens with two attached hydrogens (primary N) is 1. The van der Waals surface area contributed by atoms with Crippen molar-refractivity contribution in [3.8, 4) is 11.5 Å². The summed E-state index contributed by atoms with van der Waals surface area (Å²) in [4.78, 5) is 10.9. The second-order valence-electron chi connectivity index (χ2n) is 6.45. The van der Waals surface area contributed by atoms with Crippen LogP contribution in [0.25, 0.3) is 5.57 Å². The summed E-state index contributed by atoms with van der Waals surface area (Å²) in [5, 5.41) is 11.0. The number of aromatic nitrogens is 2. The molecule has 1 fully saturated rings. The maximum atomic E-state index is 7.71. The zero-order chi connectivity index (χ0) is 19.8. The molecular weight excluding hydrogens is 356 g/mol. The highest BCUT2D eigenvalue weighted by Gasteiger charge is 2.09. The molecule has 0 spiro atoms. The molecule has 0 amide bonds. The summed E-state index contributed by atoms with van der Waals surface area (Å²) in [6, 6.07) is 7.06. The number of aryl methyl sites for hydroxylation is 1. The molecule has 0 aliphatic carbocycles. The molecule has 0 atom stereocenters. The summed E-state index contributed by atoms with van der Waals surface area (Å²) in [5.41, 5.74) is 7.74. The first kappa shape index (κ1) is 19.8. The Labute approximate surface area is 164 Å². The summed E-state index contributed by atoms with van der Waals surface area (Å²) in [5.74, 6) is 1.72. The minimum atomic E-state index is 0.456. The summed E-state index contributed by atoms with van der Waals surface area (Å²) in [6.45, 7) is 7.08. The molecule has 0 unspecified atom stereocenters. The second kappa shape index (κ2) is 9.82. The monoisotopic (exact) mass is 382 g/mol. The van der Waals surface area contributed by atoms with Crippen LogP contribution in [0.3, 0.4) is 0 Å². The molecule has 2 aromatic heterocycles. The number of nitrogen functional groups attached to an aromatic ring is 1. The average Bonchev–Trinajstić information content (AvgIpc) is 2.71. The molecule has 3 rings (SSSR count). The predicted octanol–water partition coefficient (Wildman–Crippen LogP) is 2.07. The summed E-state index contributed by atoms with van der Waals surface area (Å²) in [6.07, 6.45) is 4.76. The van der Waals surface area contributed by atoms with Gasteiger partial charge in [0.05, 0.1) is 24.6 Å². The van der Waals surface area contributed by atoms with Crippen molar-refractivity contribution in [2.75, 3.05) is 45.1 Å². The van der Waals surface area contributed by atoms with Crippen molar-refractivity contribution in [3.05, 3.63) is 48.1 Å². The molecule has 0 bridgehead atoms. The van der Waals surface area contributed by atoms with E-state index in [2.05, 4.69) is 20.2 Å². The Hall–Kier alpha value is -2.97. The summed E-state index contributed by atoms with van der Waals surface area (Å²) < 4.78 is 11.3. The topological polar surface area (TPSA) is 109 Å². The van der Waals surface area contributed by atoms with Crippen LogP contribution < -0.4 is 15.8 Å². The van der Waals surface area contributed by atoms with E-state index in [-0.39, 0.29) is 0 Å². The molecule has 0 aromatic carbocycles. The van der Waals surface area contributed by atoms with Crippen LogP contribution >= 0.6 is 0 Å². The number of rotatable bonds is 8. The number of nitrogens with one attached hydrogen (secondary N) is 2. The van der Waals surface area contributed by atoms with Crippen LogP contribution in [-0.4, -0.2) is 60.5 Å². The number of nitrogens with zero attached hydrogens (tertiary/aromatic N) is 3. The fourth-order valence-electron chi connectivity index (χ4n) is 2.85. The lowest BCUT2D eigenvalue weighted by Gasteiger charge is -2.26. The maximum Gasteiger partial charge on any atom is 0.148 e. The van der Waals surface area contributed by atoms with E-state index in [0.717, 1.165) is 39.4 Å². The Balaban J connectivity index is 1.62. The number of pyridine rings is 2. The lowest BCUT2D eigenvalue weighted by molar-refractivity contribution is 0.0388. The smallest absolute Gasteiger partial charge is 0.148 e. The van der Waals surface area contributed by atoms with Crippen LogP contribution in [0.15, 0.2) is 36.7 Å². The van der Waals surface area contributed by atoms with Crippen LogP contribution in [0.5, 0.6) is 11.5 Å². The van der Waals surface area contributed by atoms with Crippen molar-refractivity contribution in [2.45, 2.75) is 6.92 Å². The van der Waals surface area contributed by atoms with Crippen molar-refractivity contribution in [1.29, 1.82) is 5.41 Å². The summed E-state index contributed by atoms with van der Waals surface area (Å²) >= 11 is 0. The van der Waals surface area contributed by atoms with Gasteiger partial charge in [0.25, 0.3) is 0 Å². The number of hydrogen-bond donors (Lipinski definition) is 3. The predicted molar refractivity (Wildman–Crippen MR) is 110 cm³/mol. The molecule has 1 aliphatic heterocycles. The lowest BCUT2D eigenvalue weighted by atomic mass is 10.2. The van der Waals surface area contributed by atoms with Crippen molar-refractivity contribution >= 4 is 17.6 Å². The number of ether oxygens (including phenoxy) is 2. The van der Waals surface area contributed by atoms with Gasteiger partial charge < -0.3 is 25.9 Å². The third-order valence-corrected chi connectivity index (χ3v) is 4.40. The third-order valence-electron chi connectivity index (χ3n) is 4.40. The first-order valence-electron chi connectivity index (χ1n) is 9.27. The Kier molecular flexibility index (Phi) is 6.94. The zero-order valence-electron chi connectivity index (χ0n) is 16.0. The van der Waals surface area contributed by atoms with Gasteiger partial charge in [0, 0.05) is 56.4 Å². The van der Waals surface area contributed by atoms with E-state index in [9.17, 15) is 0 Å². The molecule has 148 valence electrons. The van der Waals surface area contributed by atoms with E-state index < -0.39 is 0 Å². The third kappa shape index (κ3) is 5.51. The molecule has 4 N–H and O–H groups in total. The van der Waals surface area contributed by atoms with Gasteiger partial charge in [-0.3, -0.25) is 9.88 Å². The van der Waals surface area contributed by atoms with E-state index in [1.807, 2.05) is 13.1 Å². The molecule has 28 heavy (non-hydrogen) atoms. The van der Waals surface area contributed by atoms with Crippen molar-refractivity contribution in [3.63, 3.8) is 0 Å². The number of morpholine rings is 1. The standard InChI is InChI=1S/C20H26N6O2/c1-15-19(2-3-20(22)25-15)28-17-4-5-24-18(12-17)16(13-21)14-23-6-7-26-8-10-27-11-9-26/h2-5,12-14,21,23H,6-11H2,1H3,(H2,22,25)/b16-14+,21-13?. The van der Waals surface area contributed by atoms with Crippen LogP contribution in [0.2, 0.25) is 0 Å². The largest absolute Gasteiger partial charge is 0.455 e. The van der Waals surface area contributed by atoms with E-state index in [1.165, 1.54) is 6.21 Å². The second-order valence-corrected chi connectivity index (χ2v) is 6.45. The van der Waals surface area contributed by atoms with Crippen LogP contribution in [0, 0.1) is 12.3 Å². The van der Waals surface area contributed by atoms with Gasteiger partial charge in [0.15, 0.2) is 0 Å². The van der Waals surface area contributed by atoms with Crippen molar-refractivity contribution < 1.29 is 9.47 Å². The highest BCUT2D eigenvalue weighted by molar-refractivity contribution is 6.07. The van der Waals surface area contributed by atoms with Crippen LogP contribution in [0.4, 0.5) is 5.82 Å².